The Morgan fingerprint density at radius 3 is 2.12 bits per heavy atom. The zero-order valence-corrected chi connectivity index (χ0v) is 12.6. The monoisotopic (exact) mass is 330 g/mol. The van der Waals surface area contributed by atoms with Gasteiger partial charge in [-0.1, -0.05) is 30.3 Å². The molecule has 0 unspecified atom stereocenters. The number of hydrogen-bond acceptors (Lipinski definition) is 4. The van der Waals surface area contributed by atoms with Crippen molar-refractivity contribution in [1.29, 1.82) is 0 Å². The number of halogens is 2. The first-order valence-electron chi connectivity index (χ1n) is 7.04. The molecule has 0 radical (unpaired) electrons. The summed E-state index contributed by atoms with van der Waals surface area (Å²) in [5.41, 5.74) is 1.22. The minimum atomic E-state index is -2.98. The number of fused-ring (bicyclic) bond motifs is 1. The number of carbonyl (C=O) groups is 2. The number of Topliss-reactive ketones (excluding diaryl/α,β-unsaturated/α-hetero) is 2. The highest BCUT2D eigenvalue weighted by atomic mass is 19.3. The standard InChI is InChI=1S/C18H12F2O4/c1-23-15-9-10(6-7-14(15)24-18(19)20)8-13-16(21)11-4-2-3-5-12(11)17(13)22/h2-9,18H,1H3. The highest BCUT2D eigenvalue weighted by molar-refractivity contribution is 6.41. The minimum absolute atomic E-state index is 0.0285. The molecule has 0 saturated carbocycles. The van der Waals surface area contributed by atoms with Crippen molar-refractivity contribution in [3.8, 4) is 11.5 Å². The number of ether oxygens (including phenoxy) is 2. The van der Waals surface area contributed by atoms with Crippen LogP contribution in [0.25, 0.3) is 6.08 Å². The van der Waals surface area contributed by atoms with Gasteiger partial charge in [0.05, 0.1) is 12.7 Å². The van der Waals surface area contributed by atoms with Gasteiger partial charge in [-0.2, -0.15) is 8.78 Å². The highest BCUT2D eigenvalue weighted by Gasteiger charge is 2.32. The SMILES string of the molecule is COc1cc(C=C2C(=O)c3ccccc3C2=O)ccc1OC(F)F. The van der Waals surface area contributed by atoms with Gasteiger partial charge < -0.3 is 9.47 Å². The Morgan fingerprint density at radius 2 is 1.58 bits per heavy atom. The first-order valence-corrected chi connectivity index (χ1v) is 7.04. The van der Waals surface area contributed by atoms with E-state index in [1.54, 1.807) is 24.3 Å². The molecule has 1 aliphatic carbocycles. The van der Waals surface area contributed by atoms with Crippen molar-refractivity contribution in [2.24, 2.45) is 0 Å². The van der Waals surface area contributed by atoms with Gasteiger partial charge in [-0.05, 0) is 23.8 Å². The van der Waals surface area contributed by atoms with Crippen molar-refractivity contribution in [2.75, 3.05) is 7.11 Å². The van der Waals surface area contributed by atoms with Crippen LogP contribution in [0.15, 0.2) is 48.0 Å². The number of allylic oxidation sites excluding steroid dienone is 1. The molecule has 0 amide bonds. The summed E-state index contributed by atoms with van der Waals surface area (Å²) < 4.78 is 34.0. The van der Waals surface area contributed by atoms with Crippen LogP contribution in [0.2, 0.25) is 0 Å². The van der Waals surface area contributed by atoms with Gasteiger partial charge in [0.2, 0.25) is 0 Å². The molecule has 0 spiro atoms. The van der Waals surface area contributed by atoms with Crippen LogP contribution in [0.3, 0.4) is 0 Å². The van der Waals surface area contributed by atoms with Gasteiger partial charge in [-0.15, -0.1) is 0 Å². The van der Waals surface area contributed by atoms with E-state index < -0.39 is 6.61 Å². The minimum Gasteiger partial charge on any atom is -0.493 e. The van der Waals surface area contributed by atoms with Gasteiger partial charge in [-0.3, -0.25) is 9.59 Å². The van der Waals surface area contributed by atoms with Crippen LogP contribution < -0.4 is 9.47 Å². The van der Waals surface area contributed by atoms with Gasteiger partial charge in [0.15, 0.2) is 23.1 Å². The summed E-state index contributed by atoms with van der Waals surface area (Å²) in [5, 5.41) is 0. The van der Waals surface area contributed by atoms with E-state index in [1.165, 1.54) is 31.4 Å². The second-order valence-electron chi connectivity index (χ2n) is 5.05. The molecule has 24 heavy (non-hydrogen) atoms. The Morgan fingerprint density at radius 1 is 0.958 bits per heavy atom. The predicted octanol–water partition coefficient (Wildman–Crippen LogP) is 3.76. The smallest absolute Gasteiger partial charge is 0.387 e. The third kappa shape index (κ3) is 2.78. The molecule has 1 aliphatic rings. The summed E-state index contributed by atoms with van der Waals surface area (Å²) in [6.45, 7) is -2.98. The maximum atomic E-state index is 12.3. The number of carbonyl (C=O) groups excluding carboxylic acids is 2. The fraction of sp³-hybridized carbons (Fsp3) is 0.111. The number of rotatable bonds is 4. The number of benzene rings is 2. The fourth-order valence-electron chi connectivity index (χ4n) is 2.54. The third-order valence-corrected chi connectivity index (χ3v) is 3.62. The van der Waals surface area contributed by atoms with Crippen LogP contribution in [-0.4, -0.2) is 25.3 Å². The Bertz CT molecular complexity index is 819. The Kier molecular flexibility index (Phi) is 4.12. The van der Waals surface area contributed by atoms with Gasteiger partial charge in [0.1, 0.15) is 0 Å². The lowest BCUT2D eigenvalue weighted by atomic mass is 10.1. The highest BCUT2D eigenvalue weighted by Crippen LogP contribution is 2.32. The molecular formula is C18H12F2O4. The molecule has 6 heteroatoms. The first-order chi connectivity index (χ1) is 11.5. The van der Waals surface area contributed by atoms with Crippen molar-refractivity contribution in [3.63, 3.8) is 0 Å². The second kappa shape index (κ2) is 6.23. The average molecular weight is 330 g/mol. The summed E-state index contributed by atoms with van der Waals surface area (Å²) in [6, 6.07) is 10.8. The van der Waals surface area contributed by atoms with Crippen molar-refractivity contribution in [2.45, 2.75) is 6.61 Å². The van der Waals surface area contributed by atoms with Gasteiger partial charge >= 0.3 is 6.61 Å². The van der Waals surface area contributed by atoms with E-state index in [1.807, 2.05) is 0 Å². The lowest BCUT2D eigenvalue weighted by molar-refractivity contribution is -0.0512. The van der Waals surface area contributed by atoms with Crippen LogP contribution in [-0.2, 0) is 0 Å². The topological polar surface area (TPSA) is 52.6 Å². The Labute approximate surface area is 136 Å². The predicted molar refractivity (Wildman–Crippen MR) is 82.7 cm³/mol. The quantitative estimate of drug-likeness (QED) is 0.633. The zero-order valence-electron chi connectivity index (χ0n) is 12.6. The van der Waals surface area contributed by atoms with Gasteiger partial charge in [-0.25, -0.2) is 0 Å². The molecule has 0 atom stereocenters. The maximum absolute atomic E-state index is 12.3. The van der Waals surface area contributed by atoms with E-state index in [2.05, 4.69) is 4.74 Å². The molecule has 2 aromatic carbocycles. The molecule has 4 nitrogen and oxygen atoms in total. The van der Waals surface area contributed by atoms with Crippen molar-refractivity contribution < 1.29 is 27.8 Å². The van der Waals surface area contributed by atoms with E-state index in [4.69, 9.17) is 4.74 Å². The normalized spacial score (nSPS) is 13.2. The molecule has 2 aromatic rings. The molecule has 0 aliphatic heterocycles. The number of methoxy groups -OCH3 is 1. The molecule has 0 saturated heterocycles. The maximum Gasteiger partial charge on any atom is 0.387 e. The number of hydrogen-bond donors (Lipinski definition) is 0. The number of ketones is 2. The molecule has 0 bridgehead atoms. The van der Waals surface area contributed by atoms with Crippen LogP contribution >= 0.6 is 0 Å². The van der Waals surface area contributed by atoms with Gasteiger partial charge in [0.25, 0.3) is 0 Å². The molecule has 3 rings (SSSR count). The lowest BCUT2D eigenvalue weighted by Crippen LogP contribution is -2.04. The zero-order chi connectivity index (χ0) is 17.3. The molecule has 0 heterocycles. The molecule has 0 N–H and O–H groups in total. The fourth-order valence-corrected chi connectivity index (χ4v) is 2.54. The molecular weight excluding hydrogens is 318 g/mol. The summed E-state index contributed by atoms with van der Waals surface area (Å²) >= 11 is 0. The summed E-state index contributed by atoms with van der Waals surface area (Å²) in [5.74, 6) is -0.757. The van der Waals surface area contributed by atoms with Crippen molar-refractivity contribution in [1.82, 2.24) is 0 Å². The third-order valence-electron chi connectivity index (χ3n) is 3.62. The largest absolute Gasteiger partial charge is 0.493 e. The molecule has 0 aromatic heterocycles. The van der Waals surface area contributed by atoms with Crippen LogP contribution in [0.1, 0.15) is 26.3 Å². The van der Waals surface area contributed by atoms with Gasteiger partial charge in [0, 0.05) is 11.1 Å². The summed E-state index contributed by atoms with van der Waals surface area (Å²) in [7, 11) is 1.31. The van der Waals surface area contributed by atoms with E-state index in [-0.39, 0.29) is 28.6 Å². The van der Waals surface area contributed by atoms with E-state index in [0.29, 0.717) is 16.7 Å². The Hall–Kier alpha value is -3.02. The summed E-state index contributed by atoms with van der Waals surface area (Å²) in [6.07, 6.45) is 1.42. The average Bonchev–Trinajstić information content (AvgIpc) is 2.81. The van der Waals surface area contributed by atoms with Crippen LogP contribution in [0, 0.1) is 0 Å². The van der Waals surface area contributed by atoms with E-state index >= 15 is 0 Å². The number of alkyl halides is 2. The lowest BCUT2D eigenvalue weighted by Gasteiger charge is -2.10. The van der Waals surface area contributed by atoms with E-state index in [9.17, 15) is 18.4 Å². The Balaban J connectivity index is 1.98. The van der Waals surface area contributed by atoms with Crippen LogP contribution in [0.4, 0.5) is 8.78 Å². The van der Waals surface area contributed by atoms with E-state index in [0.717, 1.165) is 0 Å². The summed E-state index contributed by atoms with van der Waals surface area (Å²) in [4.78, 5) is 24.7. The first kappa shape index (κ1) is 15.9. The second-order valence-corrected chi connectivity index (χ2v) is 5.05. The molecule has 0 fully saturated rings. The molecule has 122 valence electrons. The van der Waals surface area contributed by atoms with Crippen LogP contribution in [0.5, 0.6) is 11.5 Å². The van der Waals surface area contributed by atoms with Crippen molar-refractivity contribution >= 4 is 17.6 Å². The van der Waals surface area contributed by atoms with Crippen molar-refractivity contribution in [3.05, 3.63) is 64.7 Å².